The molecule has 2 N–H and O–H groups in total. The lowest BCUT2D eigenvalue weighted by atomic mass is 9.79. The minimum Gasteiger partial charge on any atom is -0.387 e. The lowest BCUT2D eigenvalue weighted by Crippen LogP contribution is -2.57. The quantitative estimate of drug-likeness (QED) is 0.877. The fraction of sp³-hybridized carbons (Fsp3) is 0.500. The molecule has 0 radical (unpaired) electrons. The zero-order chi connectivity index (χ0) is 15.6. The molecule has 2 atom stereocenters. The molecular formula is C14H16F3NO2S. The van der Waals surface area contributed by atoms with Gasteiger partial charge in [-0.25, -0.2) is 13.2 Å². The van der Waals surface area contributed by atoms with E-state index in [1.807, 2.05) is 6.92 Å². The van der Waals surface area contributed by atoms with Gasteiger partial charge in [-0.15, -0.1) is 0 Å². The standard InChI is InChI=1S/C14H16F3NO2S/c1-2-21-11-3-4-14(11,20)7-18-13(19)12-9(16)5-8(15)6-10(12)17/h5-6,11,20H,2-4,7H2,1H3,(H,18,19). The second-order valence-electron chi connectivity index (χ2n) is 5.01. The van der Waals surface area contributed by atoms with Gasteiger partial charge in [-0.05, 0) is 18.6 Å². The fourth-order valence-electron chi connectivity index (χ4n) is 2.32. The maximum Gasteiger partial charge on any atom is 0.257 e. The van der Waals surface area contributed by atoms with Crippen LogP contribution < -0.4 is 5.32 Å². The topological polar surface area (TPSA) is 49.3 Å². The molecule has 2 rings (SSSR count). The molecule has 0 heterocycles. The van der Waals surface area contributed by atoms with Crippen molar-refractivity contribution < 1.29 is 23.1 Å². The number of thioether (sulfide) groups is 1. The SMILES string of the molecule is CCSC1CCC1(O)CNC(=O)c1c(F)cc(F)cc1F. The van der Waals surface area contributed by atoms with Gasteiger partial charge in [-0.2, -0.15) is 11.8 Å². The van der Waals surface area contributed by atoms with Crippen LogP contribution in [0.1, 0.15) is 30.1 Å². The van der Waals surface area contributed by atoms with E-state index in [0.29, 0.717) is 18.6 Å². The highest BCUT2D eigenvalue weighted by Gasteiger charge is 2.45. The van der Waals surface area contributed by atoms with E-state index in [1.165, 1.54) is 0 Å². The number of hydrogen-bond donors (Lipinski definition) is 2. The Morgan fingerprint density at radius 3 is 2.52 bits per heavy atom. The van der Waals surface area contributed by atoms with E-state index in [1.54, 1.807) is 11.8 Å². The van der Waals surface area contributed by atoms with Gasteiger partial charge in [0, 0.05) is 23.9 Å². The van der Waals surface area contributed by atoms with Crippen LogP contribution in [0.4, 0.5) is 13.2 Å². The molecule has 0 bridgehead atoms. The normalized spacial score (nSPS) is 24.5. The van der Waals surface area contributed by atoms with Crippen LogP contribution in [0.5, 0.6) is 0 Å². The number of rotatable bonds is 5. The van der Waals surface area contributed by atoms with Crippen molar-refractivity contribution in [1.82, 2.24) is 5.32 Å². The van der Waals surface area contributed by atoms with E-state index in [-0.39, 0.29) is 11.8 Å². The number of carbonyl (C=O) groups is 1. The molecule has 21 heavy (non-hydrogen) atoms. The average molecular weight is 319 g/mol. The van der Waals surface area contributed by atoms with Gasteiger partial charge in [0.05, 0.1) is 5.60 Å². The third-order valence-electron chi connectivity index (χ3n) is 3.60. The first kappa shape index (κ1) is 16.2. The number of aliphatic hydroxyl groups is 1. The van der Waals surface area contributed by atoms with Gasteiger partial charge >= 0.3 is 0 Å². The van der Waals surface area contributed by atoms with Gasteiger partial charge in [0.15, 0.2) is 0 Å². The molecule has 1 aliphatic carbocycles. The Kier molecular flexibility index (Phi) is 4.83. The van der Waals surface area contributed by atoms with Crippen LogP contribution >= 0.6 is 11.8 Å². The van der Waals surface area contributed by atoms with E-state index in [2.05, 4.69) is 5.32 Å². The highest BCUT2D eigenvalue weighted by atomic mass is 32.2. The predicted molar refractivity (Wildman–Crippen MR) is 74.8 cm³/mol. The molecule has 116 valence electrons. The molecular weight excluding hydrogens is 303 g/mol. The highest BCUT2D eigenvalue weighted by Crippen LogP contribution is 2.40. The molecule has 1 aromatic carbocycles. The van der Waals surface area contributed by atoms with Crippen LogP contribution in [0.15, 0.2) is 12.1 Å². The summed E-state index contributed by atoms with van der Waals surface area (Å²) in [7, 11) is 0. The number of carbonyl (C=O) groups excluding carboxylic acids is 1. The van der Waals surface area contributed by atoms with Crippen molar-refractivity contribution in [2.75, 3.05) is 12.3 Å². The number of halogens is 3. The van der Waals surface area contributed by atoms with Crippen molar-refractivity contribution in [1.29, 1.82) is 0 Å². The van der Waals surface area contributed by atoms with Crippen molar-refractivity contribution in [3.8, 4) is 0 Å². The Morgan fingerprint density at radius 1 is 1.43 bits per heavy atom. The first-order chi connectivity index (χ1) is 9.87. The smallest absolute Gasteiger partial charge is 0.257 e. The maximum absolute atomic E-state index is 13.5. The maximum atomic E-state index is 13.5. The summed E-state index contributed by atoms with van der Waals surface area (Å²) in [5, 5.41) is 12.6. The number of nitrogens with one attached hydrogen (secondary N) is 1. The zero-order valence-corrected chi connectivity index (χ0v) is 12.3. The van der Waals surface area contributed by atoms with E-state index in [4.69, 9.17) is 0 Å². The van der Waals surface area contributed by atoms with Crippen LogP contribution in [0.2, 0.25) is 0 Å². The summed E-state index contributed by atoms with van der Waals surface area (Å²) in [6.45, 7) is 1.88. The van der Waals surface area contributed by atoms with Crippen LogP contribution in [-0.4, -0.2) is 34.2 Å². The Hall–Kier alpha value is -1.21. The first-order valence-electron chi connectivity index (χ1n) is 6.64. The van der Waals surface area contributed by atoms with Crippen LogP contribution in [-0.2, 0) is 0 Å². The average Bonchev–Trinajstić information content (AvgIpc) is 2.39. The summed E-state index contributed by atoms with van der Waals surface area (Å²) in [6.07, 6.45) is 1.36. The summed E-state index contributed by atoms with van der Waals surface area (Å²) in [6, 6.07) is 0.900. The summed E-state index contributed by atoms with van der Waals surface area (Å²) >= 11 is 1.58. The predicted octanol–water partition coefficient (Wildman–Crippen LogP) is 2.48. The molecule has 1 saturated carbocycles. The molecule has 0 spiro atoms. The number of amides is 1. The van der Waals surface area contributed by atoms with Gasteiger partial charge in [0.25, 0.3) is 5.91 Å². The minimum atomic E-state index is -1.26. The highest BCUT2D eigenvalue weighted by molar-refractivity contribution is 8.00. The van der Waals surface area contributed by atoms with Gasteiger partial charge in [0.2, 0.25) is 0 Å². The third-order valence-corrected chi connectivity index (χ3v) is 5.01. The molecule has 0 aromatic heterocycles. The largest absolute Gasteiger partial charge is 0.387 e. The summed E-state index contributed by atoms with van der Waals surface area (Å²) in [5.41, 5.74) is -1.89. The Bertz CT molecular complexity index is 532. The van der Waals surface area contributed by atoms with Gasteiger partial charge in [-0.3, -0.25) is 4.79 Å². The molecule has 3 nitrogen and oxygen atoms in total. The van der Waals surface area contributed by atoms with Crippen LogP contribution in [0.25, 0.3) is 0 Å². The van der Waals surface area contributed by atoms with Crippen LogP contribution in [0, 0.1) is 17.5 Å². The molecule has 1 aromatic rings. The third kappa shape index (κ3) is 3.35. The minimum absolute atomic E-state index is 0.00529. The second kappa shape index (κ2) is 6.27. The molecule has 1 aliphatic rings. The molecule has 0 saturated heterocycles. The fourth-order valence-corrected chi connectivity index (χ4v) is 3.52. The van der Waals surface area contributed by atoms with Crippen LogP contribution in [0.3, 0.4) is 0 Å². The Morgan fingerprint density at radius 2 is 2.05 bits per heavy atom. The summed E-state index contributed by atoms with van der Waals surface area (Å²) in [5.74, 6) is -3.76. The zero-order valence-electron chi connectivity index (χ0n) is 11.5. The van der Waals surface area contributed by atoms with Crippen molar-refractivity contribution in [3.05, 3.63) is 35.1 Å². The van der Waals surface area contributed by atoms with Crippen molar-refractivity contribution in [2.45, 2.75) is 30.6 Å². The molecule has 2 unspecified atom stereocenters. The summed E-state index contributed by atoms with van der Waals surface area (Å²) in [4.78, 5) is 11.8. The number of benzene rings is 1. The Balaban J connectivity index is 2.03. The van der Waals surface area contributed by atoms with Gasteiger partial charge < -0.3 is 10.4 Å². The second-order valence-corrected chi connectivity index (χ2v) is 6.49. The van der Waals surface area contributed by atoms with E-state index in [0.717, 1.165) is 12.2 Å². The first-order valence-corrected chi connectivity index (χ1v) is 7.69. The van der Waals surface area contributed by atoms with E-state index < -0.39 is 34.5 Å². The van der Waals surface area contributed by atoms with Gasteiger partial charge in [-0.1, -0.05) is 6.92 Å². The Labute approximate surface area is 124 Å². The lowest BCUT2D eigenvalue weighted by Gasteiger charge is -2.45. The van der Waals surface area contributed by atoms with Crippen molar-refractivity contribution in [3.63, 3.8) is 0 Å². The van der Waals surface area contributed by atoms with E-state index in [9.17, 15) is 23.1 Å². The van der Waals surface area contributed by atoms with Crippen molar-refractivity contribution in [2.24, 2.45) is 0 Å². The molecule has 1 fully saturated rings. The van der Waals surface area contributed by atoms with Gasteiger partial charge in [0.1, 0.15) is 23.0 Å². The lowest BCUT2D eigenvalue weighted by molar-refractivity contribution is -0.0222. The summed E-state index contributed by atoms with van der Waals surface area (Å²) < 4.78 is 39.7. The molecule has 7 heteroatoms. The monoisotopic (exact) mass is 319 g/mol. The molecule has 0 aliphatic heterocycles. The molecule has 1 amide bonds. The van der Waals surface area contributed by atoms with E-state index >= 15 is 0 Å². The number of hydrogen-bond acceptors (Lipinski definition) is 3. The van der Waals surface area contributed by atoms with Crippen molar-refractivity contribution >= 4 is 17.7 Å².